The molecule has 0 amide bonds. The van der Waals surface area contributed by atoms with Crippen molar-refractivity contribution in [1.82, 2.24) is 34.9 Å². The Hall–Kier alpha value is -1.65. The molecular formula is C18H31IN8. The summed E-state index contributed by atoms with van der Waals surface area (Å²) in [5, 5.41) is 11.4. The van der Waals surface area contributed by atoms with Gasteiger partial charge in [-0.2, -0.15) is 5.10 Å². The van der Waals surface area contributed by atoms with Gasteiger partial charge in [0, 0.05) is 44.5 Å². The summed E-state index contributed by atoms with van der Waals surface area (Å²) >= 11 is 0. The average Bonchev–Trinajstić information content (AvgIpc) is 3.18. The Morgan fingerprint density at radius 2 is 2.19 bits per heavy atom. The van der Waals surface area contributed by atoms with E-state index in [1.807, 2.05) is 30.9 Å². The van der Waals surface area contributed by atoms with E-state index in [1.54, 1.807) is 0 Å². The fraction of sp³-hybridized carbons (Fsp3) is 0.667. The SMILES string of the molecule is CCNC(=NCCCCn1ccnc1C)NC1CCc2nc(C)nn2C1.I. The van der Waals surface area contributed by atoms with Crippen LogP contribution in [-0.4, -0.2) is 49.4 Å². The first-order chi connectivity index (χ1) is 12.7. The lowest BCUT2D eigenvalue weighted by molar-refractivity contribution is 0.392. The number of unbranched alkanes of at least 4 members (excludes halogenated alkanes) is 1. The largest absolute Gasteiger partial charge is 0.357 e. The van der Waals surface area contributed by atoms with Gasteiger partial charge in [0.1, 0.15) is 17.5 Å². The second-order valence-corrected chi connectivity index (χ2v) is 6.77. The molecule has 0 saturated carbocycles. The zero-order chi connectivity index (χ0) is 18.4. The summed E-state index contributed by atoms with van der Waals surface area (Å²) in [5.41, 5.74) is 0. The Balaban J connectivity index is 0.00000261. The summed E-state index contributed by atoms with van der Waals surface area (Å²) in [5.74, 6) is 3.92. The van der Waals surface area contributed by atoms with E-state index in [4.69, 9.17) is 4.99 Å². The molecule has 0 bridgehead atoms. The van der Waals surface area contributed by atoms with Crippen molar-refractivity contribution in [2.45, 2.75) is 65.6 Å². The first kappa shape index (κ1) is 21.6. The fourth-order valence-electron chi connectivity index (χ4n) is 3.29. The molecule has 3 rings (SSSR count). The molecule has 0 spiro atoms. The molecule has 1 aliphatic heterocycles. The van der Waals surface area contributed by atoms with Crippen molar-refractivity contribution in [1.29, 1.82) is 0 Å². The number of halogens is 1. The van der Waals surface area contributed by atoms with Gasteiger partial charge in [-0.05, 0) is 40.0 Å². The molecule has 3 heterocycles. The third-order valence-corrected chi connectivity index (χ3v) is 4.65. The van der Waals surface area contributed by atoms with Gasteiger partial charge in [0.05, 0.1) is 6.54 Å². The number of guanidine groups is 1. The van der Waals surface area contributed by atoms with E-state index >= 15 is 0 Å². The van der Waals surface area contributed by atoms with Crippen LogP contribution in [0.3, 0.4) is 0 Å². The monoisotopic (exact) mass is 486 g/mol. The highest BCUT2D eigenvalue weighted by molar-refractivity contribution is 14.0. The highest BCUT2D eigenvalue weighted by Crippen LogP contribution is 2.12. The summed E-state index contributed by atoms with van der Waals surface area (Å²) in [6, 6.07) is 0.343. The van der Waals surface area contributed by atoms with Crippen LogP contribution < -0.4 is 10.6 Å². The van der Waals surface area contributed by atoms with Gasteiger partial charge in [0.2, 0.25) is 0 Å². The van der Waals surface area contributed by atoms with Crippen molar-refractivity contribution < 1.29 is 0 Å². The zero-order valence-corrected chi connectivity index (χ0v) is 18.8. The van der Waals surface area contributed by atoms with E-state index in [2.05, 4.69) is 37.2 Å². The molecule has 1 unspecified atom stereocenters. The van der Waals surface area contributed by atoms with Crippen LogP contribution in [0.2, 0.25) is 0 Å². The van der Waals surface area contributed by atoms with E-state index in [9.17, 15) is 0 Å². The number of nitrogens with zero attached hydrogens (tertiary/aromatic N) is 6. The second-order valence-electron chi connectivity index (χ2n) is 6.77. The molecule has 150 valence electrons. The minimum absolute atomic E-state index is 0. The second kappa shape index (κ2) is 10.6. The Morgan fingerprint density at radius 1 is 1.33 bits per heavy atom. The average molecular weight is 486 g/mol. The van der Waals surface area contributed by atoms with Crippen molar-refractivity contribution in [2.75, 3.05) is 13.1 Å². The van der Waals surface area contributed by atoms with Gasteiger partial charge in [0.15, 0.2) is 5.96 Å². The molecule has 0 saturated heterocycles. The topological polar surface area (TPSA) is 84.9 Å². The van der Waals surface area contributed by atoms with Crippen molar-refractivity contribution in [3.05, 3.63) is 29.9 Å². The third-order valence-electron chi connectivity index (χ3n) is 4.65. The van der Waals surface area contributed by atoms with E-state index in [0.29, 0.717) is 6.04 Å². The number of aryl methyl sites for hydroxylation is 4. The van der Waals surface area contributed by atoms with Crippen LogP contribution in [0.25, 0.3) is 0 Å². The van der Waals surface area contributed by atoms with Crippen LogP contribution in [0.4, 0.5) is 0 Å². The minimum atomic E-state index is 0. The molecule has 2 aromatic heterocycles. The van der Waals surface area contributed by atoms with Gasteiger partial charge in [-0.25, -0.2) is 14.6 Å². The van der Waals surface area contributed by atoms with Crippen LogP contribution in [-0.2, 0) is 19.5 Å². The molecule has 2 aromatic rings. The van der Waals surface area contributed by atoms with Gasteiger partial charge in [-0.3, -0.25) is 4.99 Å². The van der Waals surface area contributed by atoms with Gasteiger partial charge in [-0.15, -0.1) is 24.0 Å². The number of hydrogen-bond donors (Lipinski definition) is 2. The molecule has 0 aromatic carbocycles. The lowest BCUT2D eigenvalue weighted by atomic mass is 10.1. The predicted octanol–water partition coefficient (Wildman–Crippen LogP) is 2.06. The molecule has 8 nitrogen and oxygen atoms in total. The third kappa shape index (κ3) is 6.18. The molecule has 2 N–H and O–H groups in total. The summed E-state index contributed by atoms with van der Waals surface area (Å²) in [6.07, 6.45) is 8.07. The highest BCUT2D eigenvalue weighted by Gasteiger charge is 2.21. The first-order valence-corrected chi connectivity index (χ1v) is 9.58. The van der Waals surface area contributed by atoms with E-state index in [0.717, 1.165) is 75.3 Å². The Bertz CT molecular complexity index is 736. The van der Waals surface area contributed by atoms with Crippen LogP contribution in [0.1, 0.15) is 43.7 Å². The Morgan fingerprint density at radius 3 is 2.93 bits per heavy atom. The number of rotatable bonds is 7. The lowest BCUT2D eigenvalue weighted by Crippen LogP contribution is -2.47. The van der Waals surface area contributed by atoms with Gasteiger partial charge in [0.25, 0.3) is 0 Å². The van der Waals surface area contributed by atoms with Crippen molar-refractivity contribution in [2.24, 2.45) is 4.99 Å². The molecule has 0 aliphatic carbocycles. The number of imidazole rings is 1. The number of nitrogens with one attached hydrogen (secondary N) is 2. The van der Waals surface area contributed by atoms with Crippen molar-refractivity contribution in [3.63, 3.8) is 0 Å². The molecule has 9 heteroatoms. The molecule has 27 heavy (non-hydrogen) atoms. The zero-order valence-electron chi connectivity index (χ0n) is 16.5. The molecule has 1 aliphatic rings. The maximum atomic E-state index is 4.73. The Labute approximate surface area is 178 Å². The number of aliphatic imine (C=N–C) groups is 1. The normalized spacial score (nSPS) is 16.6. The van der Waals surface area contributed by atoms with Gasteiger partial charge in [-0.1, -0.05) is 0 Å². The number of fused-ring (bicyclic) bond motifs is 1. The van der Waals surface area contributed by atoms with Crippen LogP contribution in [0, 0.1) is 13.8 Å². The summed E-state index contributed by atoms with van der Waals surface area (Å²) in [6.45, 7) is 9.62. The smallest absolute Gasteiger partial charge is 0.191 e. The molecule has 1 atom stereocenters. The van der Waals surface area contributed by atoms with Crippen molar-refractivity contribution in [3.8, 4) is 0 Å². The number of aromatic nitrogens is 5. The maximum Gasteiger partial charge on any atom is 0.191 e. The molecule has 0 radical (unpaired) electrons. The van der Waals surface area contributed by atoms with Crippen LogP contribution in [0.5, 0.6) is 0 Å². The fourth-order valence-corrected chi connectivity index (χ4v) is 3.29. The van der Waals surface area contributed by atoms with Crippen LogP contribution >= 0.6 is 24.0 Å². The summed E-state index contributed by atoms with van der Waals surface area (Å²) in [4.78, 5) is 13.5. The van der Waals surface area contributed by atoms with E-state index < -0.39 is 0 Å². The predicted molar refractivity (Wildman–Crippen MR) is 118 cm³/mol. The molecular weight excluding hydrogens is 455 g/mol. The van der Waals surface area contributed by atoms with Crippen molar-refractivity contribution >= 4 is 29.9 Å². The van der Waals surface area contributed by atoms with E-state index in [1.165, 1.54) is 0 Å². The first-order valence-electron chi connectivity index (χ1n) is 9.58. The minimum Gasteiger partial charge on any atom is -0.357 e. The standard InChI is InChI=1S/C18H30N8.HI/c1-4-19-18(21-9-5-6-11-25-12-10-20-15(25)3)23-16-7-8-17-22-14(2)24-26(17)13-16;/h10,12,16H,4-9,11,13H2,1-3H3,(H2,19,21,23);1H. The van der Waals surface area contributed by atoms with Gasteiger partial charge >= 0.3 is 0 Å². The highest BCUT2D eigenvalue weighted by atomic mass is 127. The summed E-state index contributed by atoms with van der Waals surface area (Å²) in [7, 11) is 0. The quantitative estimate of drug-likeness (QED) is 0.271. The van der Waals surface area contributed by atoms with Gasteiger partial charge < -0.3 is 15.2 Å². The van der Waals surface area contributed by atoms with E-state index in [-0.39, 0.29) is 24.0 Å². The molecule has 0 fully saturated rings. The lowest BCUT2D eigenvalue weighted by Gasteiger charge is -2.25. The number of hydrogen-bond acceptors (Lipinski definition) is 4. The maximum absolute atomic E-state index is 4.73. The Kier molecular flexibility index (Phi) is 8.52. The summed E-state index contributed by atoms with van der Waals surface area (Å²) < 4.78 is 4.21. The van der Waals surface area contributed by atoms with Crippen LogP contribution in [0.15, 0.2) is 17.4 Å².